The first-order valence-corrected chi connectivity index (χ1v) is 46.6. The van der Waals surface area contributed by atoms with Crippen molar-refractivity contribution in [2.24, 2.45) is 29.6 Å². The van der Waals surface area contributed by atoms with E-state index >= 15 is 0 Å². The van der Waals surface area contributed by atoms with E-state index in [2.05, 4.69) is 128 Å². The predicted molar refractivity (Wildman–Crippen MR) is 496 cm³/mol. The molecule has 17 amide bonds. The van der Waals surface area contributed by atoms with Crippen LogP contribution < -0.4 is 90.4 Å². The Labute approximate surface area is 825 Å². The fraction of sp³-hybridized carbons (Fsp3) is 0.679. The summed E-state index contributed by atoms with van der Waals surface area (Å²) < 4.78 is 21.2. The van der Waals surface area contributed by atoms with Crippen LogP contribution in [0.3, 0.4) is 0 Å². The highest BCUT2D eigenvalue weighted by Crippen LogP contribution is 2.19. The molecule has 3 aliphatic heterocycles. The third-order valence-electron chi connectivity index (χ3n) is 20.6. The van der Waals surface area contributed by atoms with Crippen molar-refractivity contribution in [3.8, 4) is 0 Å². The first-order valence-electron chi connectivity index (χ1n) is 44.7. The van der Waals surface area contributed by atoms with Crippen molar-refractivity contribution in [3.63, 3.8) is 0 Å². The third kappa shape index (κ3) is 53.0. The molecule has 0 spiro atoms. The molecule has 0 saturated carbocycles. The zero-order chi connectivity index (χ0) is 107. The lowest BCUT2D eigenvalue weighted by atomic mass is 9.93. The second-order valence-corrected chi connectivity index (χ2v) is 34.4. The number of ether oxygens (including phenoxy) is 4. The minimum absolute atomic E-state index is 0.00900. The molecule has 3 rings (SSSR count). The van der Waals surface area contributed by atoms with Crippen molar-refractivity contribution in [1.82, 2.24) is 90.4 Å². The average Bonchev–Trinajstić information content (AvgIpc) is 0.966. The Hall–Kier alpha value is -12.6. The van der Waals surface area contributed by atoms with Gasteiger partial charge >= 0.3 is 35.8 Å². The van der Waals surface area contributed by atoms with E-state index < -0.39 is 346 Å². The fourth-order valence-corrected chi connectivity index (χ4v) is 13.5. The van der Waals surface area contributed by atoms with Crippen LogP contribution in [0.4, 0.5) is 0 Å². The number of rotatable bonds is 21. The number of carboxylic acid groups (broad SMARTS) is 6. The van der Waals surface area contributed by atoms with Crippen molar-refractivity contribution in [1.29, 1.82) is 0 Å². The minimum Gasteiger partial charge on any atom is -0.481 e. The molecule has 15 atom stereocenters. The van der Waals surface area contributed by atoms with Crippen molar-refractivity contribution in [3.05, 3.63) is 0 Å². The molecule has 0 aromatic heterocycles. The van der Waals surface area contributed by atoms with Crippen LogP contribution in [0.5, 0.6) is 0 Å². The Morgan fingerprint density at radius 3 is 1.03 bits per heavy atom. The smallest absolute Gasteiger partial charge is 0.305 e. The summed E-state index contributed by atoms with van der Waals surface area (Å²) in [6.07, 6.45) is -7.13. The Morgan fingerprint density at radius 2 is 0.624 bits per heavy atom. The van der Waals surface area contributed by atoms with Gasteiger partial charge in [-0.15, -0.1) is 0 Å². The quantitative estimate of drug-likeness (QED) is 0.0475. The normalized spacial score (nSPS) is 25.6. The van der Waals surface area contributed by atoms with Gasteiger partial charge in [-0.3, -0.25) is 129 Å². The molecule has 3 heterocycles. The summed E-state index contributed by atoms with van der Waals surface area (Å²) in [5, 5.41) is 95.7. The number of thiol groups is 3. The van der Waals surface area contributed by atoms with Crippen LogP contribution in [0.2, 0.25) is 0 Å². The fourth-order valence-electron chi connectivity index (χ4n) is 12.7. The van der Waals surface area contributed by atoms with Gasteiger partial charge in [-0.25, -0.2) is 0 Å². The minimum atomic E-state index is -1.75. The van der Waals surface area contributed by atoms with E-state index in [4.69, 9.17) is 24.1 Å². The standard InChI is InChI=1S/C30H47N5O13S.C29H46N6O13S.C25H38N6O11S/c1-16(2)27-22(37)5-4-10-47-11-12-48-14-24(39)32-20(15-49)21(36)7-8-23(38)31-17(3)28(44)33-18(6-9-25(40)41)29(45)34-19(13-26(42)43)30(46)35-27;1-15(2)25-29(46)31-12-21(37)33-19(14-49)27(44)30-6-7-47-8-9-48-13-22(38)32-16(3)20(36)10-17(4-5-23(39)40)26(43)34-18(11-24(41)42)28(45)35-25;1-11(2)21-25(42)27-9-18(34)29-15(10-43)23(40)26-8-17(33)28-12(3)16(32)6-13(4-5-19(35)36)22(39)30-14(7-20(37)38)24(41)31-21/h16-20,27,49H,4-15H2,1-3H3,(H,31,38)(H,32,39)(H,33,44)(H,34,45)(H,35,46)(H,40,41)(H,42,43);15-19,25,49H,4-14H2,1-3H3,(H,30,44)(H,31,46)(H,32,38)(H,33,37)(H,34,43)(H,35,45)(H,39,40)(H,41,42);11-15,21,43H,4-10H2,1-3H3,(H,26,40)(H,27,42)(H,28,33)(H,29,34)(H,30,39)(H,31,41)(H,35,36)(H,37,38)/t17-,18-,19-,20-,27-;16-,17+,18-,19-,25-;12-,13+,14-,15-,21-/m000/s1. The number of carbonyl (C=O) groups excluding carboxylic acids is 21. The monoisotopic (exact) mass is 2070 g/mol. The van der Waals surface area contributed by atoms with Gasteiger partial charge in [0.15, 0.2) is 23.1 Å². The number of nitrogens with one attached hydrogen (secondary N) is 17. The van der Waals surface area contributed by atoms with Crippen LogP contribution in [-0.2, 0) is 148 Å². The van der Waals surface area contributed by atoms with Gasteiger partial charge in [0.05, 0.1) is 96.1 Å². The molecule has 0 unspecified atom stereocenters. The highest BCUT2D eigenvalue weighted by Gasteiger charge is 2.39. The van der Waals surface area contributed by atoms with E-state index in [0.29, 0.717) is 0 Å². The maximum atomic E-state index is 13.3. The number of hydrogen-bond acceptors (Lipinski definition) is 34. The number of ketones is 4. The molecule has 57 heteroatoms. The Balaban J connectivity index is 0.00000106. The number of carboxylic acids is 6. The number of carbonyl (C=O) groups is 27. The lowest BCUT2D eigenvalue weighted by molar-refractivity contribution is -0.143. The zero-order valence-corrected chi connectivity index (χ0v) is 82.0. The van der Waals surface area contributed by atoms with Crippen LogP contribution in [0.15, 0.2) is 0 Å². The summed E-state index contributed by atoms with van der Waals surface area (Å²) in [7, 11) is 0. The van der Waals surface area contributed by atoms with Crippen molar-refractivity contribution < 1.29 is 179 Å². The van der Waals surface area contributed by atoms with Gasteiger partial charge in [0.2, 0.25) is 100 Å². The molecule has 0 aliphatic carbocycles. The van der Waals surface area contributed by atoms with E-state index in [0.717, 1.165) is 0 Å². The SMILES string of the molecule is CC(C)[C@@H]1NC(=O)[C@H](CC(=O)O)NC(=O)[C@H](CCC(=O)O)CC(=O)[C@H](C)NC(=O)CNC(=O)[C@H](CS)NC(=O)CNC1=O.CC(C)[C@@H]1NC(=O)[C@H](CC(=O)O)NC(=O)[C@H](CCC(=O)O)CC(=O)[C@H](C)NC(=O)COCCOCCNC(=O)[C@H](CS)NC(=O)CNC1=O.CC(C)[C@@H]1NC(=O)[C@H](CC(=O)O)NC(=O)[C@H](CCC(=O)O)NC(=O)[C@H](C)NC(=O)CCC(=O)[C@H](CS)NC(=O)COCCOCCCC1=O. The zero-order valence-electron chi connectivity index (χ0n) is 79.3. The molecule has 0 radical (unpaired) electrons. The van der Waals surface area contributed by atoms with E-state index in [1.165, 1.54) is 20.8 Å². The molecule has 3 saturated heterocycles. The van der Waals surface area contributed by atoms with E-state index in [1.807, 2.05) is 0 Å². The number of hydrogen-bond donors (Lipinski definition) is 26. The summed E-state index contributed by atoms with van der Waals surface area (Å²) in [5.41, 5.74) is 0. The number of Topliss-reactive ketones (excluding diaryl/α,β-unsaturated/α-hetero) is 4. The predicted octanol–water partition coefficient (Wildman–Crippen LogP) is -8.48. The molecule has 3 aliphatic rings. The summed E-state index contributed by atoms with van der Waals surface area (Å²) in [6.45, 7) is 11.3. The molecule has 23 N–H and O–H groups in total. The highest BCUT2D eigenvalue weighted by molar-refractivity contribution is 7.80. The van der Waals surface area contributed by atoms with Gasteiger partial charge in [-0.1, -0.05) is 41.5 Å². The maximum absolute atomic E-state index is 13.3. The summed E-state index contributed by atoms with van der Waals surface area (Å²) in [4.78, 5) is 337. The van der Waals surface area contributed by atoms with Crippen molar-refractivity contribution in [2.45, 2.75) is 237 Å². The Morgan fingerprint density at radius 1 is 0.291 bits per heavy atom. The molecule has 0 aromatic carbocycles. The van der Waals surface area contributed by atoms with Crippen LogP contribution in [-0.4, -0.2) is 365 Å². The van der Waals surface area contributed by atoms with Gasteiger partial charge in [0.25, 0.3) is 0 Å². The molecule has 54 nitrogen and oxygen atoms in total. The van der Waals surface area contributed by atoms with E-state index in [9.17, 15) is 155 Å². The molecular weight excluding hydrogens is 1940 g/mol. The Kier molecular flexibility index (Phi) is 60.7. The highest BCUT2D eigenvalue weighted by atomic mass is 32.1. The second-order valence-electron chi connectivity index (χ2n) is 33.3. The second kappa shape index (κ2) is 67.7. The first kappa shape index (κ1) is 126. The van der Waals surface area contributed by atoms with Crippen LogP contribution in [0.1, 0.15) is 159 Å². The van der Waals surface area contributed by atoms with E-state index in [-0.39, 0.29) is 114 Å². The maximum Gasteiger partial charge on any atom is 0.305 e. The summed E-state index contributed by atoms with van der Waals surface area (Å²) in [6, 6.07) is -17.2. The lowest BCUT2D eigenvalue weighted by Gasteiger charge is -2.26. The van der Waals surface area contributed by atoms with Gasteiger partial charge in [-0.2, -0.15) is 37.9 Å². The molecule has 0 bridgehead atoms. The summed E-state index contributed by atoms with van der Waals surface area (Å²) >= 11 is 12.2. The number of amides is 17. The van der Waals surface area contributed by atoms with Crippen LogP contribution in [0.25, 0.3) is 0 Å². The lowest BCUT2D eigenvalue weighted by Crippen LogP contribution is -2.58. The first-order chi connectivity index (χ1) is 66.1. The third-order valence-corrected chi connectivity index (χ3v) is 21.7. The topological polar surface area (TPSA) is 824 Å². The van der Waals surface area contributed by atoms with Crippen LogP contribution in [0, 0.1) is 29.6 Å². The summed E-state index contributed by atoms with van der Waals surface area (Å²) in [5.74, 6) is -29.5. The van der Waals surface area contributed by atoms with E-state index in [1.54, 1.807) is 41.5 Å². The van der Waals surface area contributed by atoms with Crippen molar-refractivity contribution in [2.75, 3.05) is 96.3 Å². The number of aliphatic carboxylic acids is 6. The van der Waals surface area contributed by atoms with Crippen molar-refractivity contribution >= 4 is 197 Å². The molecule has 0 aromatic rings. The van der Waals surface area contributed by atoms with Gasteiger partial charge < -0.3 is 140 Å². The van der Waals surface area contributed by atoms with Gasteiger partial charge in [-0.05, 0) is 64.2 Å². The molecule has 3 fully saturated rings. The average molecular weight is 2070 g/mol. The Bertz CT molecular complexity index is 4390. The van der Waals surface area contributed by atoms with Crippen LogP contribution >= 0.6 is 37.9 Å². The molecular formula is C84H131N17O37S3. The largest absolute Gasteiger partial charge is 0.481 e. The van der Waals surface area contributed by atoms with Gasteiger partial charge in [0, 0.05) is 93.6 Å². The molecule has 141 heavy (non-hydrogen) atoms. The van der Waals surface area contributed by atoms with Gasteiger partial charge in [0.1, 0.15) is 67.6 Å². The molecule has 792 valence electrons.